The van der Waals surface area contributed by atoms with Crippen LogP contribution < -0.4 is 0 Å². The van der Waals surface area contributed by atoms with Crippen molar-refractivity contribution in [3.63, 3.8) is 0 Å². The summed E-state index contributed by atoms with van der Waals surface area (Å²) in [7, 11) is 0. The molecule has 116 valence electrons. The van der Waals surface area contributed by atoms with Crippen LogP contribution in [0.2, 0.25) is 10.0 Å². The van der Waals surface area contributed by atoms with Gasteiger partial charge in [0.05, 0.1) is 6.42 Å². The molecule has 0 amide bonds. The second kappa shape index (κ2) is 7.30. The lowest BCUT2D eigenvalue weighted by atomic mass is 10.1. The van der Waals surface area contributed by atoms with E-state index in [9.17, 15) is 0 Å². The van der Waals surface area contributed by atoms with Gasteiger partial charge >= 0.3 is 0 Å². The molecule has 0 aliphatic heterocycles. The highest BCUT2D eigenvalue weighted by Gasteiger charge is 2.06. The Bertz CT molecular complexity index is 861. The van der Waals surface area contributed by atoms with Crippen LogP contribution in [-0.2, 0) is 6.42 Å². The summed E-state index contributed by atoms with van der Waals surface area (Å²) >= 11 is 15.4. The van der Waals surface area contributed by atoms with E-state index in [0.29, 0.717) is 28.2 Å². The van der Waals surface area contributed by atoms with Crippen molar-refractivity contribution in [2.24, 2.45) is 0 Å². The lowest BCUT2D eigenvalue weighted by molar-refractivity contribution is 0.496. The molecule has 0 atom stereocenters. The summed E-state index contributed by atoms with van der Waals surface area (Å²) in [6.07, 6.45) is 4.13. The van der Waals surface area contributed by atoms with Crippen LogP contribution >= 0.6 is 39.1 Å². The standard InChI is InChI=1S/C17H11BrCl2N2O/c18-13-3-1-2-11(8-13)9-17-22-21-16(23-17)7-5-12-4-6-14(19)10-15(12)20/h1-8,10H,9H2. The minimum absolute atomic E-state index is 0.431. The van der Waals surface area contributed by atoms with Crippen molar-refractivity contribution in [2.75, 3.05) is 0 Å². The molecule has 23 heavy (non-hydrogen) atoms. The Morgan fingerprint density at radius 2 is 1.91 bits per heavy atom. The first-order valence-electron chi connectivity index (χ1n) is 6.80. The molecule has 3 rings (SSSR count). The quantitative estimate of drug-likeness (QED) is 0.538. The van der Waals surface area contributed by atoms with Gasteiger partial charge in [-0.25, -0.2) is 0 Å². The first-order chi connectivity index (χ1) is 11.1. The van der Waals surface area contributed by atoms with E-state index in [2.05, 4.69) is 26.1 Å². The number of rotatable bonds is 4. The van der Waals surface area contributed by atoms with E-state index in [1.54, 1.807) is 18.2 Å². The van der Waals surface area contributed by atoms with E-state index >= 15 is 0 Å². The highest BCUT2D eigenvalue weighted by molar-refractivity contribution is 9.10. The molecule has 0 fully saturated rings. The minimum Gasteiger partial charge on any atom is -0.421 e. The van der Waals surface area contributed by atoms with Gasteiger partial charge < -0.3 is 4.42 Å². The maximum absolute atomic E-state index is 6.12. The van der Waals surface area contributed by atoms with Gasteiger partial charge in [0.2, 0.25) is 11.8 Å². The van der Waals surface area contributed by atoms with E-state index in [1.807, 2.05) is 36.4 Å². The maximum atomic E-state index is 6.12. The zero-order valence-electron chi connectivity index (χ0n) is 11.8. The molecule has 0 unspecified atom stereocenters. The zero-order valence-corrected chi connectivity index (χ0v) is 14.9. The van der Waals surface area contributed by atoms with Crippen LogP contribution in [0.1, 0.15) is 22.9 Å². The molecule has 0 bridgehead atoms. The fourth-order valence-corrected chi connectivity index (χ4v) is 2.94. The second-order valence-corrected chi connectivity index (χ2v) is 6.60. The van der Waals surface area contributed by atoms with E-state index in [1.165, 1.54) is 0 Å². The van der Waals surface area contributed by atoms with Crippen LogP contribution in [0.25, 0.3) is 12.2 Å². The molecule has 0 spiro atoms. The van der Waals surface area contributed by atoms with Crippen molar-refractivity contribution < 1.29 is 4.42 Å². The fourth-order valence-electron chi connectivity index (χ4n) is 2.02. The summed E-state index contributed by atoms with van der Waals surface area (Å²) in [5.41, 5.74) is 1.93. The van der Waals surface area contributed by atoms with E-state index in [-0.39, 0.29) is 0 Å². The summed E-state index contributed by atoms with van der Waals surface area (Å²) in [5, 5.41) is 9.24. The Morgan fingerprint density at radius 1 is 1.04 bits per heavy atom. The van der Waals surface area contributed by atoms with Gasteiger partial charge in [-0.05, 0) is 41.5 Å². The van der Waals surface area contributed by atoms with E-state index in [4.69, 9.17) is 27.6 Å². The number of benzene rings is 2. The van der Waals surface area contributed by atoms with Crippen LogP contribution in [0.15, 0.2) is 51.4 Å². The number of hydrogen-bond acceptors (Lipinski definition) is 3. The van der Waals surface area contributed by atoms with Gasteiger partial charge in [0, 0.05) is 20.6 Å². The second-order valence-electron chi connectivity index (χ2n) is 4.84. The molecule has 3 aromatic rings. The summed E-state index contributed by atoms with van der Waals surface area (Å²) in [6, 6.07) is 13.3. The molecule has 0 aliphatic rings. The van der Waals surface area contributed by atoms with Crippen LogP contribution in [0, 0.1) is 0 Å². The summed E-state index contributed by atoms with van der Waals surface area (Å²) < 4.78 is 6.64. The number of aromatic nitrogens is 2. The monoisotopic (exact) mass is 408 g/mol. The Labute approximate surface area is 152 Å². The van der Waals surface area contributed by atoms with Gasteiger partial charge in [-0.1, -0.05) is 57.3 Å². The summed E-state index contributed by atoms with van der Waals surface area (Å²) in [6.45, 7) is 0. The topological polar surface area (TPSA) is 38.9 Å². The smallest absolute Gasteiger partial charge is 0.240 e. The molecule has 0 radical (unpaired) electrons. The van der Waals surface area contributed by atoms with Crippen LogP contribution in [-0.4, -0.2) is 10.2 Å². The Hall–Kier alpha value is -1.62. The summed E-state index contributed by atoms with van der Waals surface area (Å²) in [4.78, 5) is 0. The van der Waals surface area contributed by atoms with Crippen LogP contribution in [0.4, 0.5) is 0 Å². The predicted molar refractivity (Wildman–Crippen MR) is 96.6 cm³/mol. The van der Waals surface area contributed by atoms with Crippen molar-refractivity contribution in [3.8, 4) is 0 Å². The predicted octanol–water partition coefficient (Wildman–Crippen LogP) is 5.90. The van der Waals surface area contributed by atoms with Crippen molar-refractivity contribution in [1.29, 1.82) is 0 Å². The minimum atomic E-state index is 0.431. The number of halogens is 3. The number of nitrogens with zero attached hydrogens (tertiary/aromatic N) is 2. The maximum Gasteiger partial charge on any atom is 0.240 e. The third-order valence-corrected chi connectivity index (χ3v) is 4.15. The zero-order chi connectivity index (χ0) is 16.2. The molecule has 0 saturated heterocycles. The molecule has 2 aromatic carbocycles. The molecule has 1 aromatic heterocycles. The molecule has 0 N–H and O–H groups in total. The Balaban J connectivity index is 1.73. The molecular weight excluding hydrogens is 399 g/mol. The normalized spacial score (nSPS) is 11.3. The van der Waals surface area contributed by atoms with Crippen LogP contribution in [0.3, 0.4) is 0 Å². The largest absolute Gasteiger partial charge is 0.421 e. The van der Waals surface area contributed by atoms with Gasteiger partial charge in [0.1, 0.15) is 0 Å². The van der Waals surface area contributed by atoms with Crippen molar-refractivity contribution in [2.45, 2.75) is 6.42 Å². The third-order valence-electron chi connectivity index (χ3n) is 3.09. The molecule has 0 saturated carbocycles. The van der Waals surface area contributed by atoms with E-state index in [0.717, 1.165) is 15.6 Å². The molecule has 6 heteroatoms. The average molecular weight is 410 g/mol. The molecule has 3 nitrogen and oxygen atoms in total. The molecule has 0 aliphatic carbocycles. The van der Waals surface area contributed by atoms with Gasteiger partial charge in [0.15, 0.2) is 0 Å². The Morgan fingerprint density at radius 3 is 2.70 bits per heavy atom. The fraction of sp³-hybridized carbons (Fsp3) is 0.0588. The van der Waals surface area contributed by atoms with Crippen molar-refractivity contribution >= 4 is 51.3 Å². The van der Waals surface area contributed by atoms with E-state index < -0.39 is 0 Å². The van der Waals surface area contributed by atoms with Crippen molar-refractivity contribution in [1.82, 2.24) is 10.2 Å². The average Bonchev–Trinajstić information content (AvgIpc) is 2.94. The Kier molecular flexibility index (Phi) is 5.16. The first-order valence-corrected chi connectivity index (χ1v) is 8.35. The lowest BCUT2D eigenvalue weighted by Gasteiger charge is -1.98. The summed E-state index contributed by atoms with van der Waals surface area (Å²) in [5.74, 6) is 0.992. The van der Waals surface area contributed by atoms with Gasteiger partial charge in [-0.3, -0.25) is 0 Å². The lowest BCUT2D eigenvalue weighted by Crippen LogP contribution is -1.87. The van der Waals surface area contributed by atoms with Gasteiger partial charge in [-0.15, -0.1) is 10.2 Å². The number of hydrogen-bond donors (Lipinski definition) is 0. The molecular formula is C17H11BrCl2N2O. The van der Waals surface area contributed by atoms with Crippen molar-refractivity contribution in [3.05, 3.63) is 79.9 Å². The van der Waals surface area contributed by atoms with Crippen LogP contribution in [0.5, 0.6) is 0 Å². The highest BCUT2D eigenvalue weighted by Crippen LogP contribution is 2.23. The van der Waals surface area contributed by atoms with Gasteiger partial charge in [-0.2, -0.15) is 0 Å². The van der Waals surface area contributed by atoms with Gasteiger partial charge in [0.25, 0.3) is 0 Å². The molecule has 1 heterocycles. The highest BCUT2D eigenvalue weighted by atomic mass is 79.9. The third kappa shape index (κ3) is 4.44. The first kappa shape index (κ1) is 16.2. The SMILES string of the molecule is Clc1ccc(C=Cc2nnc(Cc3cccc(Br)c3)o2)c(Cl)c1.